The van der Waals surface area contributed by atoms with E-state index in [1.165, 1.54) is 90.1 Å². The van der Waals surface area contributed by atoms with Gasteiger partial charge in [0.15, 0.2) is 0 Å². The Balaban J connectivity index is 1.14. The molecule has 0 saturated heterocycles. The Morgan fingerprint density at radius 1 is 0.585 bits per heavy atom. The van der Waals surface area contributed by atoms with E-state index in [4.69, 9.17) is 0 Å². The fraction of sp³-hybridized carbons (Fsp3) is 0.292. The van der Waals surface area contributed by atoms with Crippen molar-refractivity contribution in [3.63, 3.8) is 0 Å². The molecule has 4 aliphatic rings. The van der Waals surface area contributed by atoms with Gasteiger partial charge >= 0.3 is 324 Å². The van der Waals surface area contributed by atoms with Gasteiger partial charge < -0.3 is 0 Å². The fourth-order valence-electron chi connectivity index (χ4n) is 10.7. The number of hydrogen-bond acceptors (Lipinski definition) is 0. The molecule has 11 rings (SSSR count). The Labute approximate surface area is 321 Å². The molecule has 0 unspecified atom stereocenters. The number of rotatable bonds is 2. The van der Waals surface area contributed by atoms with Crippen LogP contribution in [0.4, 0.5) is 0 Å². The summed E-state index contributed by atoms with van der Waals surface area (Å²) < 4.78 is 8.46. The van der Waals surface area contributed by atoms with Crippen LogP contribution in [-0.2, 0) is 31.1 Å². The van der Waals surface area contributed by atoms with Crippen molar-refractivity contribution in [3.05, 3.63) is 125 Å². The van der Waals surface area contributed by atoms with Crippen LogP contribution < -0.4 is 35.7 Å². The van der Waals surface area contributed by atoms with Gasteiger partial charge in [0.1, 0.15) is 0 Å². The van der Waals surface area contributed by atoms with Crippen molar-refractivity contribution in [2.75, 3.05) is 0 Å². The van der Waals surface area contributed by atoms with Gasteiger partial charge in [0, 0.05) is 0 Å². The Morgan fingerprint density at radius 2 is 1.15 bits per heavy atom. The second-order valence-corrected chi connectivity index (χ2v) is 24.4. The first kappa shape index (κ1) is 32.4. The Morgan fingerprint density at radius 3 is 1.77 bits per heavy atom. The van der Waals surface area contributed by atoms with Crippen LogP contribution in [0.15, 0.2) is 97.1 Å². The van der Waals surface area contributed by atoms with Crippen LogP contribution in [0, 0.1) is 0 Å². The van der Waals surface area contributed by atoms with Crippen molar-refractivity contribution in [2.24, 2.45) is 0 Å². The summed E-state index contributed by atoms with van der Waals surface area (Å²) in [7, 11) is -2.07. The van der Waals surface area contributed by atoms with E-state index in [1.807, 2.05) is 0 Å². The topological polar surface area (TPSA) is 9.86 Å². The summed E-state index contributed by atoms with van der Waals surface area (Å²) in [4.78, 5) is 0. The van der Waals surface area contributed by atoms with Crippen molar-refractivity contribution >= 4 is 87.2 Å². The predicted octanol–water partition coefficient (Wildman–Crippen LogP) is 6.25. The van der Waals surface area contributed by atoms with E-state index in [9.17, 15) is 0 Å². The number of hydrogen-bond donors (Lipinski definition) is 0. The number of aryl methyl sites for hydroxylation is 2. The summed E-state index contributed by atoms with van der Waals surface area (Å²) >= 11 is 0.237. The van der Waals surface area contributed by atoms with Crippen molar-refractivity contribution in [3.8, 4) is 11.4 Å². The average Bonchev–Trinajstić information content (AvgIpc) is 3.68. The predicted molar refractivity (Wildman–Crippen MR) is 231 cm³/mol. The van der Waals surface area contributed by atoms with Crippen LogP contribution >= 0.6 is 0 Å². The van der Waals surface area contributed by atoms with Crippen LogP contribution in [0.1, 0.15) is 74.5 Å². The van der Waals surface area contributed by atoms with E-state index in [1.54, 1.807) is 58.2 Å². The molecular formula is C48H47BN2SeSi. The molecule has 4 heterocycles. The van der Waals surface area contributed by atoms with Gasteiger partial charge in [-0.2, -0.15) is 0 Å². The van der Waals surface area contributed by atoms with Gasteiger partial charge in [-0.15, -0.1) is 0 Å². The zero-order valence-corrected chi connectivity index (χ0v) is 34.5. The quantitative estimate of drug-likeness (QED) is 0.184. The number of fused-ring (bicyclic) bond motifs is 10. The summed E-state index contributed by atoms with van der Waals surface area (Å²) in [5.41, 5.74) is 18.1. The van der Waals surface area contributed by atoms with Gasteiger partial charge in [0.05, 0.1) is 0 Å². The molecule has 0 saturated carbocycles. The van der Waals surface area contributed by atoms with Gasteiger partial charge in [-0.05, 0) is 0 Å². The standard InChI is InChI=1S/C48H47BN2SeSi/c1-48(2,3)30-26-44-47-46(27-30)53(4,5)45-29-32(51-41-20-12-8-16-35(41)36-17-9-13-21-42(36)51)23-25-38(45)49(47)37-24-22-31(28-43(37)52-44)50-39-18-10-6-14-33(39)34-15-7-11-19-40(34)50/h6,8,10,12,14,16,18,20,22-29H,7,9,11,13,15,17,19,21H2,1-5H3. The number of benzene rings is 5. The zero-order valence-electron chi connectivity index (χ0n) is 31.8. The first-order chi connectivity index (χ1) is 25.7. The normalized spacial score (nSPS) is 17.0. The van der Waals surface area contributed by atoms with Crippen molar-refractivity contribution in [2.45, 2.75) is 90.6 Å². The first-order valence-electron chi connectivity index (χ1n) is 20.1. The van der Waals surface area contributed by atoms with E-state index in [-0.39, 0.29) is 27.1 Å². The molecule has 0 amide bonds. The third-order valence-electron chi connectivity index (χ3n) is 13.4. The molecule has 2 aliphatic heterocycles. The van der Waals surface area contributed by atoms with Crippen LogP contribution in [0.25, 0.3) is 33.2 Å². The van der Waals surface area contributed by atoms with Gasteiger partial charge in [0.2, 0.25) is 0 Å². The molecule has 2 aliphatic carbocycles. The van der Waals surface area contributed by atoms with E-state index in [0.717, 1.165) is 0 Å². The number of aromatic nitrogens is 2. The Bertz CT molecular complexity index is 2690. The van der Waals surface area contributed by atoms with Gasteiger partial charge in [-0.3, -0.25) is 0 Å². The van der Waals surface area contributed by atoms with E-state index in [2.05, 4.69) is 140 Å². The molecule has 262 valence electrons. The van der Waals surface area contributed by atoms with Crippen LogP contribution in [-0.4, -0.2) is 38.9 Å². The summed E-state index contributed by atoms with van der Waals surface area (Å²) in [6.07, 6.45) is 9.91. The summed E-state index contributed by atoms with van der Waals surface area (Å²) in [5.74, 6) is 0. The molecule has 0 atom stereocenters. The van der Waals surface area contributed by atoms with Gasteiger partial charge in [-0.1, -0.05) is 0 Å². The molecule has 0 N–H and O–H groups in total. The number of nitrogens with zero attached hydrogens (tertiary/aromatic N) is 2. The molecule has 53 heavy (non-hydrogen) atoms. The maximum absolute atomic E-state index is 2.66. The maximum atomic E-state index is 2.66. The SMILES string of the molecule is CC(C)(C)c1cc2c3c(c1)[Si](C)(C)c1cc(-n4c5c(c6ccccc64)CCCC5)ccc1B3c1ccc(-n3c4c(c5ccccc53)CCCC4)cc1[Se]2. The monoisotopic (exact) mass is 770 g/mol. The first-order valence-corrected chi connectivity index (χ1v) is 24.8. The Kier molecular flexibility index (Phi) is 7.03. The van der Waals surface area contributed by atoms with Gasteiger partial charge in [0.25, 0.3) is 0 Å². The molecule has 0 bridgehead atoms. The van der Waals surface area contributed by atoms with E-state index < -0.39 is 8.07 Å². The van der Waals surface area contributed by atoms with Crippen LogP contribution in [0.5, 0.6) is 0 Å². The van der Waals surface area contributed by atoms with Crippen molar-refractivity contribution in [1.29, 1.82) is 0 Å². The van der Waals surface area contributed by atoms with Crippen molar-refractivity contribution in [1.82, 2.24) is 9.13 Å². The summed E-state index contributed by atoms with van der Waals surface area (Å²) in [6, 6.07) is 38.9. The van der Waals surface area contributed by atoms with Crippen LogP contribution in [0.3, 0.4) is 0 Å². The molecule has 5 heteroatoms. The summed E-state index contributed by atoms with van der Waals surface area (Å²) in [5, 5.41) is 6.21. The second kappa shape index (κ2) is 11.5. The second-order valence-electron chi connectivity index (χ2n) is 17.8. The van der Waals surface area contributed by atoms with E-state index in [0.29, 0.717) is 0 Å². The molecule has 0 fully saturated rings. The molecule has 2 nitrogen and oxygen atoms in total. The van der Waals surface area contributed by atoms with E-state index >= 15 is 0 Å². The summed E-state index contributed by atoms with van der Waals surface area (Å²) in [6.45, 7) is 12.8. The third-order valence-corrected chi connectivity index (χ3v) is 19.3. The fourth-order valence-corrected chi connectivity index (χ4v) is 16.8. The molecule has 2 aromatic heterocycles. The van der Waals surface area contributed by atoms with Crippen LogP contribution in [0.2, 0.25) is 13.1 Å². The molecular weight excluding hydrogens is 722 g/mol. The molecule has 0 radical (unpaired) electrons. The Hall–Kier alpha value is -4.02. The van der Waals surface area contributed by atoms with Gasteiger partial charge in [-0.25, -0.2) is 0 Å². The molecule has 5 aromatic carbocycles. The number of para-hydroxylation sites is 2. The molecule has 0 spiro atoms. The average molecular weight is 770 g/mol. The third kappa shape index (κ3) is 4.63. The molecule has 7 aromatic rings. The van der Waals surface area contributed by atoms with Crippen molar-refractivity contribution < 1.29 is 0 Å². The zero-order chi connectivity index (χ0) is 35.8. The minimum absolute atomic E-state index is 0.0953. The minimum atomic E-state index is -2.07.